The molecule has 1 aliphatic rings. The fourth-order valence-corrected chi connectivity index (χ4v) is 3.88. The van der Waals surface area contributed by atoms with Gasteiger partial charge in [-0.2, -0.15) is 4.72 Å². The first kappa shape index (κ1) is 15.5. The Morgan fingerprint density at radius 2 is 1.95 bits per heavy atom. The number of nitrogen functional groups attached to an aromatic ring is 1. The van der Waals surface area contributed by atoms with Gasteiger partial charge in [0.05, 0.1) is 5.69 Å². The first-order valence-electron chi connectivity index (χ1n) is 6.44. The number of hydrogen-bond acceptors (Lipinski definition) is 5. The number of carbonyl (C=O) groups excluding carboxylic acids is 2. The molecule has 21 heavy (non-hydrogen) atoms. The average molecular weight is 311 g/mol. The summed E-state index contributed by atoms with van der Waals surface area (Å²) in [6.45, 7) is 3.44. The van der Waals surface area contributed by atoms with Gasteiger partial charge in [0.15, 0.2) is 0 Å². The number of hydrogen-bond donors (Lipinski definition) is 3. The van der Waals surface area contributed by atoms with Crippen LogP contribution in [0.5, 0.6) is 0 Å². The van der Waals surface area contributed by atoms with E-state index in [0.29, 0.717) is 5.56 Å². The van der Waals surface area contributed by atoms with Gasteiger partial charge in [-0.15, -0.1) is 0 Å². The summed E-state index contributed by atoms with van der Waals surface area (Å²) < 4.78 is 27.2. The lowest BCUT2D eigenvalue weighted by molar-refractivity contribution is -0.134. The van der Waals surface area contributed by atoms with E-state index in [-0.39, 0.29) is 23.4 Å². The zero-order valence-corrected chi connectivity index (χ0v) is 12.6. The van der Waals surface area contributed by atoms with E-state index >= 15 is 0 Å². The highest BCUT2D eigenvalue weighted by Gasteiger charge is 2.32. The summed E-state index contributed by atoms with van der Waals surface area (Å²) in [5.74, 6) is -1.04. The summed E-state index contributed by atoms with van der Waals surface area (Å²) in [6, 6.07) is 2.28. The Bertz CT molecular complexity index is 712. The summed E-state index contributed by atoms with van der Waals surface area (Å²) >= 11 is 0. The van der Waals surface area contributed by atoms with Gasteiger partial charge in [0, 0.05) is 6.42 Å². The maximum absolute atomic E-state index is 12.5. The van der Waals surface area contributed by atoms with E-state index in [1.807, 2.05) is 0 Å². The Morgan fingerprint density at radius 3 is 2.57 bits per heavy atom. The van der Waals surface area contributed by atoms with Gasteiger partial charge in [0.1, 0.15) is 10.9 Å². The second kappa shape index (κ2) is 5.45. The molecule has 2 amide bonds. The number of imide groups is 1. The highest BCUT2D eigenvalue weighted by Crippen LogP contribution is 2.25. The van der Waals surface area contributed by atoms with E-state index in [1.165, 1.54) is 6.07 Å². The normalized spacial score (nSPS) is 19.4. The average Bonchev–Trinajstić information content (AvgIpc) is 2.37. The molecule has 4 N–H and O–H groups in total. The minimum Gasteiger partial charge on any atom is -0.398 e. The van der Waals surface area contributed by atoms with E-state index in [2.05, 4.69) is 10.0 Å². The molecule has 0 radical (unpaired) electrons. The van der Waals surface area contributed by atoms with Gasteiger partial charge in [-0.25, -0.2) is 8.42 Å². The molecule has 1 atom stereocenters. The number of rotatable bonds is 3. The fourth-order valence-electron chi connectivity index (χ4n) is 2.22. The van der Waals surface area contributed by atoms with Crippen molar-refractivity contribution in [1.82, 2.24) is 10.0 Å². The van der Waals surface area contributed by atoms with Gasteiger partial charge < -0.3 is 5.73 Å². The number of nitrogens with two attached hydrogens (primary N) is 1. The summed E-state index contributed by atoms with van der Waals surface area (Å²) in [5, 5.41) is 2.11. The van der Waals surface area contributed by atoms with E-state index < -0.39 is 27.9 Å². The predicted molar refractivity (Wildman–Crippen MR) is 76.8 cm³/mol. The molecular weight excluding hydrogens is 294 g/mol. The predicted octanol–water partition coefficient (Wildman–Crippen LogP) is -0.0309. The van der Waals surface area contributed by atoms with Gasteiger partial charge in [0.2, 0.25) is 21.8 Å². The van der Waals surface area contributed by atoms with E-state index in [0.717, 1.165) is 5.56 Å². The van der Waals surface area contributed by atoms with Crippen LogP contribution in [-0.4, -0.2) is 26.3 Å². The number of piperidine rings is 1. The fraction of sp³-hybridized carbons (Fsp3) is 0.385. The van der Waals surface area contributed by atoms with Gasteiger partial charge in [-0.1, -0.05) is 6.07 Å². The number of carbonyl (C=O) groups is 2. The van der Waals surface area contributed by atoms with Crippen LogP contribution in [0.3, 0.4) is 0 Å². The van der Waals surface area contributed by atoms with Gasteiger partial charge >= 0.3 is 0 Å². The lowest BCUT2D eigenvalue weighted by Crippen LogP contribution is -2.52. The van der Waals surface area contributed by atoms with Crippen molar-refractivity contribution in [3.05, 3.63) is 23.3 Å². The number of nitrogens with one attached hydrogen (secondary N) is 2. The maximum Gasteiger partial charge on any atom is 0.244 e. The Balaban J connectivity index is 2.34. The van der Waals surface area contributed by atoms with Gasteiger partial charge in [0.25, 0.3) is 0 Å². The Labute approximate surface area is 123 Å². The summed E-state index contributed by atoms with van der Waals surface area (Å²) in [5.41, 5.74) is 7.21. The number of benzene rings is 1. The molecule has 7 nitrogen and oxygen atoms in total. The molecule has 1 unspecified atom stereocenters. The summed E-state index contributed by atoms with van der Waals surface area (Å²) in [6.07, 6.45) is 0.232. The van der Waals surface area contributed by atoms with Crippen molar-refractivity contribution in [3.63, 3.8) is 0 Å². The molecule has 1 saturated heterocycles. The van der Waals surface area contributed by atoms with Crippen LogP contribution in [0.4, 0.5) is 5.69 Å². The second-order valence-electron chi connectivity index (χ2n) is 5.05. The van der Waals surface area contributed by atoms with Crippen molar-refractivity contribution < 1.29 is 18.0 Å². The SMILES string of the molecule is Cc1ccc(N)c(S(=O)(=O)NC2CCC(=O)NC2=O)c1C. The molecule has 2 rings (SSSR count). The van der Waals surface area contributed by atoms with Gasteiger partial charge in [-0.05, 0) is 37.5 Å². The minimum absolute atomic E-state index is 0.0211. The molecule has 114 valence electrons. The highest BCUT2D eigenvalue weighted by atomic mass is 32.2. The number of sulfonamides is 1. The van der Waals surface area contributed by atoms with Crippen molar-refractivity contribution in [3.8, 4) is 0 Å². The molecule has 0 aliphatic carbocycles. The number of anilines is 1. The molecule has 1 aliphatic heterocycles. The molecular formula is C13H17N3O4S. The van der Waals surface area contributed by atoms with Crippen molar-refractivity contribution in [2.24, 2.45) is 0 Å². The van der Waals surface area contributed by atoms with Crippen LogP contribution in [-0.2, 0) is 19.6 Å². The van der Waals surface area contributed by atoms with Crippen LogP contribution >= 0.6 is 0 Å². The Hall–Kier alpha value is -1.93. The first-order chi connectivity index (χ1) is 9.72. The van der Waals surface area contributed by atoms with E-state index in [1.54, 1.807) is 19.9 Å². The van der Waals surface area contributed by atoms with Crippen molar-refractivity contribution in [2.75, 3.05) is 5.73 Å². The van der Waals surface area contributed by atoms with Crippen molar-refractivity contribution in [1.29, 1.82) is 0 Å². The zero-order chi connectivity index (χ0) is 15.8. The van der Waals surface area contributed by atoms with Crippen LogP contribution in [0.2, 0.25) is 0 Å². The molecule has 0 bridgehead atoms. The number of aryl methyl sites for hydroxylation is 1. The molecule has 1 fully saturated rings. The quantitative estimate of drug-likeness (QED) is 0.535. The topological polar surface area (TPSA) is 118 Å². The zero-order valence-electron chi connectivity index (χ0n) is 11.8. The monoisotopic (exact) mass is 311 g/mol. The smallest absolute Gasteiger partial charge is 0.244 e. The Kier molecular flexibility index (Phi) is 4.02. The number of amides is 2. The third-order valence-corrected chi connectivity index (χ3v) is 5.19. The molecule has 1 aromatic carbocycles. The van der Waals surface area contributed by atoms with Crippen LogP contribution in [0.15, 0.2) is 17.0 Å². The van der Waals surface area contributed by atoms with Crippen molar-refractivity contribution >= 4 is 27.5 Å². The van der Waals surface area contributed by atoms with Crippen LogP contribution in [0.1, 0.15) is 24.0 Å². The van der Waals surface area contributed by atoms with Crippen LogP contribution < -0.4 is 15.8 Å². The lowest BCUT2D eigenvalue weighted by Gasteiger charge is -2.22. The highest BCUT2D eigenvalue weighted by molar-refractivity contribution is 7.89. The Morgan fingerprint density at radius 1 is 1.29 bits per heavy atom. The maximum atomic E-state index is 12.5. The molecule has 8 heteroatoms. The first-order valence-corrected chi connectivity index (χ1v) is 7.92. The molecule has 0 saturated carbocycles. The van der Waals surface area contributed by atoms with E-state index in [4.69, 9.17) is 5.73 Å². The second-order valence-corrected chi connectivity index (χ2v) is 6.70. The molecule has 1 aromatic rings. The minimum atomic E-state index is -3.94. The summed E-state index contributed by atoms with van der Waals surface area (Å²) in [7, 11) is -3.94. The van der Waals surface area contributed by atoms with Gasteiger partial charge in [-0.3, -0.25) is 14.9 Å². The molecule has 0 aromatic heterocycles. The standard InChI is InChI=1S/C13H17N3O4S/c1-7-3-4-9(14)12(8(7)2)21(19,20)16-10-5-6-11(17)15-13(10)18/h3-4,10,16H,5-6,14H2,1-2H3,(H,15,17,18). The van der Waals surface area contributed by atoms with Crippen LogP contribution in [0.25, 0.3) is 0 Å². The third-order valence-electron chi connectivity index (χ3n) is 3.51. The largest absolute Gasteiger partial charge is 0.398 e. The van der Waals surface area contributed by atoms with Crippen molar-refractivity contribution in [2.45, 2.75) is 37.6 Å². The molecule has 0 spiro atoms. The van der Waals surface area contributed by atoms with E-state index in [9.17, 15) is 18.0 Å². The van der Waals surface area contributed by atoms with Crippen LogP contribution in [0, 0.1) is 13.8 Å². The molecule has 1 heterocycles. The lowest BCUT2D eigenvalue weighted by atomic mass is 10.1. The third kappa shape index (κ3) is 3.06. The summed E-state index contributed by atoms with van der Waals surface area (Å²) in [4.78, 5) is 22.7.